The van der Waals surface area contributed by atoms with E-state index in [4.69, 9.17) is 21.1 Å². The molecule has 0 unspecified atom stereocenters. The van der Waals surface area contributed by atoms with Crippen LogP contribution in [0, 0.1) is 11.7 Å². The van der Waals surface area contributed by atoms with Crippen molar-refractivity contribution in [3.05, 3.63) is 53.1 Å². The number of hydrogen-bond donors (Lipinski definition) is 2. The molecule has 0 bridgehead atoms. The van der Waals surface area contributed by atoms with E-state index in [0.717, 1.165) is 25.7 Å². The van der Waals surface area contributed by atoms with E-state index >= 15 is 4.39 Å². The summed E-state index contributed by atoms with van der Waals surface area (Å²) in [5.41, 5.74) is 0.787. The Kier molecular flexibility index (Phi) is 8.64. The van der Waals surface area contributed by atoms with Gasteiger partial charge in [-0.2, -0.15) is 0 Å². The first-order valence-electron chi connectivity index (χ1n) is 12.2. The number of hydrogen-bond acceptors (Lipinski definition) is 5. The smallest absolute Gasteiger partial charge is 0.319 e. The molecule has 0 radical (unpaired) electrons. The third-order valence-corrected chi connectivity index (χ3v) is 7.38. The molecule has 1 aliphatic heterocycles. The zero-order valence-electron chi connectivity index (χ0n) is 20.5. The van der Waals surface area contributed by atoms with Gasteiger partial charge in [0.25, 0.3) is 0 Å². The molecule has 4 rings (SSSR count). The minimum Gasteiger partial charge on any atom is -0.495 e. The standard InChI is InChI=1S/C26H32ClFN4O4/c1-35-19-9-3-16(4-10-19)25(33)32-12-11-23(31-26(34)30-18-7-5-17(27)6-8-18)21(15-32)24-22(28)13-20(36-2)14-29-24/h5-8,13-14,16,19,21,23H,3-4,9-12,15H2,1-2H3,(H2,30,31,34)/t16?,19?,21-,23-/m1/s1. The number of benzene rings is 1. The number of carbonyl (C=O) groups excluding carboxylic acids is 2. The summed E-state index contributed by atoms with van der Waals surface area (Å²) in [6.45, 7) is 0.744. The Hall–Kier alpha value is -2.91. The molecule has 8 nitrogen and oxygen atoms in total. The highest BCUT2D eigenvalue weighted by Gasteiger charge is 2.38. The first kappa shape index (κ1) is 26.2. The van der Waals surface area contributed by atoms with Crippen LogP contribution < -0.4 is 15.4 Å². The third kappa shape index (κ3) is 6.25. The fourth-order valence-corrected chi connectivity index (χ4v) is 5.22. The molecule has 1 aromatic carbocycles. The largest absolute Gasteiger partial charge is 0.495 e. The van der Waals surface area contributed by atoms with Gasteiger partial charge in [0, 0.05) is 54.9 Å². The Bertz CT molecular complexity index is 1060. The van der Waals surface area contributed by atoms with Gasteiger partial charge in [0.05, 0.1) is 25.1 Å². The van der Waals surface area contributed by atoms with Gasteiger partial charge in [0.15, 0.2) is 0 Å². The van der Waals surface area contributed by atoms with E-state index in [2.05, 4.69) is 15.6 Å². The van der Waals surface area contributed by atoms with Gasteiger partial charge < -0.3 is 25.0 Å². The molecule has 10 heteroatoms. The molecule has 2 atom stereocenters. The van der Waals surface area contributed by atoms with Crippen LogP contribution in [0.4, 0.5) is 14.9 Å². The molecule has 2 aliphatic rings. The minimum absolute atomic E-state index is 0.0663. The maximum absolute atomic E-state index is 15.1. The molecule has 2 aromatic rings. The van der Waals surface area contributed by atoms with Gasteiger partial charge in [-0.25, -0.2) is 9.18 Å². The van der Waals surface area contributed by atoms with E-state index < -0.39 is 23.8 Å². The lowest BCUT2D eigenvalue weighted by molar-refractivity contribution is -0.139. The quantitative estimate of drug-likeness (QED) is 0.583. The topological polar surface area (TPSA) is 92.8 Å². The van der Waals surface area contributed by atoms with Gasteiger partial charge in [0.1, 0.15) is 11.6 Å². The molecule has 1 aromatic heterocycles. The van der Waals surface area contributed by atoms with Crippen molar-refractivity contribution in [3.8, 4) is 5.75 Å². The van der Waals surface area contributed by atoms with E-state index in [-0.39, 0.29) is 30.2 Å². The Morgan fingerprint density at radius 2 is 1.83 bits per heavy atom. The van der Waals surface area contributed by atoms with Crippen LogP contribution in [0.1, 0.15) is 43.7 Å². The van der Waals surface area contributed by atoms with Crippen LogP contribution in [0.3, 0.4) is 0 Å². The fourth-order valence-electron chi connectivity index (χ4n) is 5.09. The van der Waals surface area contributed by atoms with Gasteiger partial charge in [-0.05, 0) is 56.4 Å². The summed E-state index contributed by atoms with van der Waals surface area (Å²) < 4.78 is 25.6. The SMILES string of the molecule is COc1cnc([C@@H]2CN(C(=O)C3CCC(OC)CC3)CC[C@H]2NC(=O)Nc2ccc(Cl)cc2)c(F)c1. The summed E-state index contributed by atoms with van der Waals surface area (Å²) in [6, 6.07) is 7.20. The van der Waals surface area contributed by atoms with Crippen molar-refractivity contribution < 1.29 is 23.5 Å². The monoisotopic (exact) mass is 518 g/mol. The maximum atomic E-state index is 15.1. The number of anilines is 1. The summed E-state index contributed by atoms with van der Waals surface area (Å²) in [5, 5.41) is 6.31. The lowest BCUT2D eigenvalue weighted by Gasteiger charge is -2.40. The second-order valence-corrected chi connectivity index (χ2v) is 9.78. The van der Waals surface area contributed by atoms with Crippen LogP contribution in [0.2, 0.25) is 5.02 Å². The molecule has 1 saturated carbocycles. The van der Waals surface area contributed by atoms with E-state index in [1.807, 2.05) is 0 Å². The predicted octanol–water partition coefficient (Wildman–Crippen LogP) is 4.59. The summed E-state index contributed by atoms with van der Waals surface area (Å²) in [5.74, 6) is -0.727. The molecule has 3 amide bonds. The highest BCUT2D eigenvalue weighted by Crippen LogP contribution is 2.33. The van der Waals surface area contributed by atoms with E-state index in [9.17, 15) is 9.59 Å². The summed E-state index contributed by atoms with van der Waals surface area (Å²) in [6.07, 6.45) is 5.40. The maximum Gasteiger partial charge on any atom is 0.319 e. The van der Waals surface area contributed by atoms with E-state index in [1.165, 1.54) is 19.4 Å². The zero-order valence-corrected chi connectivity index (χ0v) is 21.3. The number of methoxy groups -OCH3 is 2. The van der Waals surface area contributed by atoms with Crippen molar-refractivity contribution in [2.75, 3.05) is 32.6 Å². The van der Waals surface area contributed by atoms with Crippen LogP contribution in [-0.4, -0.2) is 61.3 Å². The highest BCUT2D eigenvalue weighted by atomic mass is 35.5. The van der Waals surface area contributed by atoms with Gasteiger partial charge in [-0.1, -0.05) is 11.6 Å². The number of rotatable bonds is 6. The number of nitrogens with zero attached hydrogens (tertiary/aromatic N) is 2. The lowest BCUT2D eigenvalue weighted by Crippen LogP contribution is -2.53. The van der Waals surface area contributed by atoms with Crippen molar-refractivity contribution in [2.24, 2.45) is 5.92 Å². The van der Waals surface area contributed by atoms with Crippen LogP contribution in [0.15, 0.2) is 36.5 Å². The van der Waals surface area contributed by atoms with Crippen molar-refractivity contribution in [1.82, 2.24) is 15.2 Å². The van der Waals surface area contributed by atoms with Gasteiger partial charge >= 0.3 is 6.03 Å². The number of piperidine rings is 1. The zero-order chi connectivity index (χ0) is 25.7. The summed E-state index contributed by atoms with van der Waals surface area (Å²) >= 11 is 5.92. The molecular weight excluding hydrogens is 487 g/mol. The normalized spacial score (nSPS) is 24.2. The second-order valence-electron chi connectivity index (χ2n) is 9.34. The van der Waals surface area contributed by atoms with Crippen LogP contribution in [0.5, 0.6) is 5.75 Å². The number of urea groups is 1. The highest BCUT2D eigenvalue weighted by molar-refractivity contribution is 6.30. The van der Waals surface area contributed by atoms with Crippen molar-refractivity contribution >= 4 is 29.2 Å². The predicted molar refractivity (Wildman–Crippen MR) is 135 cm³/mol. The third-order valence-electron chi connectivity index (χ3n) is 7.13. The number of aromatic nitrogens is 1. The van der Waals surface area contributed by atoms with Crippen LogP contribution in [0.25, 0.3) is 0 Å². The molecule has 0 spiro atoms. The van der Waals surface area contributed by atoms with Gasteiger partial charge in [-0.3, -0.25) is 9.78 Å². The summed E-state index contributed by atoms with van der Waals surface area (Å²) in [7, 11) is 3.15. The van der Waals surface area contributed by atoms with Crippen molar-refractivity contribution in [2.45, 2.75) is 50.2 Å². The number of likely N-dealkylation sites (tertiary alicyclic amines) is 1. The molecule has 2 fully saturated rings. The summed E-state index contributed by atoms with van der Waals surface area (Å²) in [4.78, 5) is 32.2. The first-order chi connectivity index (χ1) is 17.4. The molecule has 36 heavy (non-hydrogen) atoms. The van der Waals surface area contributed by atoms with Gasteiger partial charge in [0.2, 0.25) is 5.91 Å². The molecular formula is C26H32ClFN4O4. The van der Waals surface area contributed by atoms with Gasteiger partial charge in [-0.15, -0.1) is 0 Å². The number of nitrogens with one attached hydrogen (secondary N) is 2. The van der Waals surface area contributed by atoms with E-state index in [0.29, 0.717) is 29.4 Å². The number of amides is 3. The average molecular weight is 519 g/mol. The van der Waals surface area contributed by atoms with E-state index in [1.54, 1.807) is 36.3 Å². The number of halogens is 2. The molecule has 2 N–H and O–H groups in total. The Morgan fingerprint density at radius 3 is 2.47 bits per heavy atom. The number of carbonyl (C=O) groups is 2. The number of ether oxygens (including phenoxy) is 2. The molecule has 1 saturated heterocycles. The van der Waals surface area contributed by atoms with Crippen molar-refractivity contribution in [3.63, 3.8) is 0 Å². The van der Waals surface area contributed by atoms with Crippen molar-refractivity contribution in [1.29, 1.82) is 0 Å². The Morgan fingerprint density at radius 1 is 1.11 bits per heavy atom. The Labute approximate surface area is 215 Å². The Balaban J connectivity index is 1.49. The lowest BCUT2D eigenvalue weighted by atomic mass is 9.84. The molecule has 194 valence electrons. The van der Waals surface area contributed by atoms with Crippen LogP contribution >= 0.6 is 11.6 Å². The second kappa shape index (κ2) is 11.9. The number of pyridine rings is 1. The first-order valence-corrected chi connectivity index (χ1v) is 12.6. The van der Waals surface area contributed by atoms with Crippen LogP contribution in [-0.2, 0) is 9.53 Å². The molecule has 2 heterocycles. The minimum atomic E-state index is -0.529. The molecule has 1 aliphatic carbocycles. The fraction of sp³-hybridized carbons (Fsp3) is 0.500. The average Bonchev–Trinajstić information content (AvgIpc) is 2.90.